The minimum absolute atomic E-state index is 0.543. The van der Waals surface area contributed by atoms with Crippen LogP contribution in [0.15, 0.2) is 189 Å². The summed E-state index contributed by atoms with van der Waals surface area (Å²) in [5.41, 5.74) is 16.7. The van der Waals surface area contributed by atoms with Crippen LogP contribution >= 0.6 is 0 Å². The van der Waals surface area contributed by atoms with Crippen LogP contribution in [0.2, 0.25) is 0 Å². The molecule has 0 saturated carbocycles. The molecule has 3 heterocycles. The van der Waals surface area contributed by atoms with E-state index in [0.29, 0.717) is 17.5 Å². The summed E-state index contributed by atoms with van der Waals surface area (Å²) in [6.45, 7) is 0. The number of hydrogen-bond acceptors (Lipinski definition) is 5. The lowest BCUT2D eigenvalue weighted by Crippen LogP contribution is -2.29. The highest BCUT2D eigenvalue weighted by atomic mass is 15.0. The van der Waals surface area contributed by atoms with Crippen LogP contribution < -0.4 is 0 Å². The van der Waals surface area contributed by atoms with Crippen molar-refractivity contribution < 1.29 is 0 Å². The van der Waals surface area contributed by atoms with Crippen LogP contribution in [0.5, 0.6) is 0 Å². The number of nitrogens with zero attached hydrogens (tertiary/aromatic N) is 5. The Hall–Kier alpha value is -7.37. The third-order valence-electron chi connectivity index (χ3n) is 11.2. The first-order chi connectivity index (χ1) is 27.3. The van der Waals surface area contributed by atoms with Gasteiger partial charge in [0.15, 0.2) is 17.5 Å². The molecule has 0 bridgehead atoms. The molecule has 0 radical (unpaired) electrons. The molecule has 0 amide bonds. The maximum Gasteiger partial charge on any atom is 0.164 e. The zero-order valence-electron chi connectivity index (χ0n) is 29.6. The van der Waals surface area contributed by atoms with Crippen molar-refractivity contribution in [1.29, 1.82) is 0 Å². The van der Waals surface area contributed by atoms with Crippen molar-refractivity contribution in [3.8, 4) is 78.7 Å². The van der Waals surface area contributed by atoms with Crippen molar-refractivity contribution in [2.45, 2.75) is 5.41 Å². The number of benzene rings is 6. The van der Waals surface area contributed by atoms with Crippen molar-refractivity contribution in [3.05, 3.63) is 211 Å². The molecule has 0 N–H and O–H groups in total. The van der Waals surface area contributed by atoms with E-state index in [4.69, 9.17) is 15.0 Å². The number of aromatic nitrogens is 5. The predicted octanol–water partition coefficient (Wildman–Crippen LogP) is 11.3. The van der Waals surface area contributed by atoms with Gasteiger partial charge in [-0.2, -0.15) is 0 Å². The highest BCUT2D eigenvalue weighted by Gasteiger charge is 2.49. The van der Waals surface area contributed by atoms with Gasteiger partial charge in [-0.3, -0.25) is 9.97 Å². The Bertz CT molecular complexity index is 2880. The third-order valence-corrected chi connectivity index (χ3v) is 11.2. The van der Waals surface area contributed by atoms with Gasteiger partial charge in [-0.05, 0) is 91.0 Å². The number of fused-ring (bicyclic) bond motifs is 12. The fraction of sp³-hybridized carbons (Fsp3) is 0.0200. The molecule has 11 rings (SSSR count). The smallest absolute Gasteiger partial charge is 0.164 e. The molecular weight excluding hydrogens is 671 g/mol. The second kappa shape index (κ2) is 12.4. The quantitative estimate of drug-likeness (QED) is 0.183. The predicted molar refractivity (Wildman–Crippen MR) is 219 cm³/mol. The molecular formula is C50H31N5. The maximum atomic E-state index is 5.18. The molecule has 55 heavy (non-hydrogen) atoms. The largest absolute Gasteiger partial charge is 0.265 e. The monoisotopic (exact) mass is 701 g/mol. The summed E-state index contributed by atoms with van der Waals surface area (Å²) in [6, 6.07) is 58.6. The van der Waals surface area contributed by atoms with Crippen molar-refractivity contribution in [1.82, 2.24) is 24.9 Å². The minimum atomic E-state index is -0.543. The maximum absolute atomic E-state index is 5.18. The molecule has 2 aliphatic rings. The van der Waals surface area contributed by atoms with Gasteiger partial charge in [-0.1, -0.05) is 140 Å². The molecule has 5 heteroatoms. The van der Waals surface area contributed by atoms with Crippen molar-refractivity contribution >= 4 is 0 Å². The van der Waals surface area contributed by atoms with Gasteiger partial charge in [0.1, 0.15) is 0 Å². The molecule has 0 atom stereocenters. The van der Waals surface area contributed by atoms with Gasteiger partial charge in [0.05, 0.1) is 5.41 Å². The lowest BCUT2D eigenvalue weighted by Gasteiger charge is -2.35. The highest BCUT2D eigenvalue weighted by Crippen LogP contribution is 2.61. The fourth-order valence-electron chi connectivity index (χ4n) is 8.80. The van der Waals surface area contributed by atoms with Gasteiger partial charge in [0.2, 0.25) is 0 Å². The van der Waals surface area contributed by atoms with E-state index >= 15 is 0 Å². The zero-order chi connectivity index (χ0) is 36.3. The van der Waals surface area contributed by atoms with Crippen molar-refractivity contribution in [3.63, 3.8) is 0 Å². The Morgan fingerprint density at radius 1 is 0.291 bits per heavy atom. The van der Waals surface area contributed by atoms with E-state index in [9.17, 15) is 0 Å². The fourth-order valence-corrected chi connectivity index (χ4v) is 8.80. The van der Waals surface area contributed by atoms with Crippen LogP contribution in [0.25, 0.3) is 78.7 Å². The van der Waals surface area contributed by atoms with Gasteiger partial charge < -0.3 is 0 Å². The van der Waals surface area contributed by atoms with Crippen LogP contribution in [0.4, 0.5) is 0 Å². The van der Waals surface area contributed by atoms with E-state index in [-0.39, 0.29) is 0 Å². The molecule has 0 saturated heterocycles. The Kier molecular flexibility index (Phi) is 7.01. The molecule has 0 fully saturated rings. The number of rotatable bonds is 4. The lowest BCUT2D eigenvalue weighted by molar-refractivity contribution is 0.775. The van der Waals surface area contributed by atoms with Crippen molar-refractivity contribution in [2.75, 3.05) is 0 Å². The average molecular weight is 702 g/mol. The molecule has 0 aliphatic heterocycles. The second-order valence-electron chi connectivity index (χ2n) is 14.1. The highest BCUT2D eigenvalue weighted by molar-refractivity contribution is 5.98. The second-order valence-corrected chi connectivity index (χ2v) is 14.1. The van der Waals surface area contributed by atoms with E-state index in [1.54, 1.807) is 18.6 Å². The third kappa shape index (κ3) is 4.76. The first-order valence-corrected chi connectivity index (χ1v) is 18.5. The van der Waals surface area contributed by atoms with Crippen LogP contribution in [0.3, 0.4) is 0 Å². The zero-order valence-corrected chi connectivity index (χ0v) is 29.6. The molecule has 1 spiro atoms. The van der Waals surface area contributed by atoms with E-state index in [1.807, 2.05) is 24.4 Å². The number of pyridine rings is 2. The van der Waals surface area contributed by atoms with Crippen LogP contribution in [-0.4, -0.2) is 24.9 Å². The Morgan fingerprint density at radius 2 is 0.745 bits per heavy atom. The van der Waals surface area contributed by atoms with Gasteiger partial charge in [0, 0.05) is 41.5 Å². The Morgan fingerprint density at radius 3 is 1.33 bits per heavy atom. The molecule has 9 aromatic rings. The van der Waals surface area contributed by atoms with E-state index in [0.717, 1.165) is 33.4 Å². The summed E-state index contributed by atoms with van der Waals surface area (Å²) in [6.07, 6.45) is 7.21. The molecule has 6 aromatic carbocycles. The Labute approximate surface area is 318 Å². The first-order valence-electron chi connectivity index (χ1n) is 18.5. The van der Waals surface area contributed by atoms with E-state index < -0.39 is 5.41 Å². The Balaban J connectivity index is 1.16. The summed E-state index contributed by atoms with van der Waals surface area (Å²) < 4.78 is 0. The molecule has 3 aromatic heterocycles. The summed E-state index contributed by atoms with van der Waals surface area (Å²) in [5.74, 6) is 1.81. The normalized spacial score (nSPS) is 12.9. The molecule has 256 valence electrons. The van der Waals surface area contributed by atoms with Gasteiger partial charge in [-0.15, -0.1) is 0 Å². The van der Waals surface area contributed by atoms with E-state index in [2.05, 4.69) is 156 Å². The lowest BCUT2D eigenvalue weighted by atomic mass is 9.66. The SMILES string of the molecule is c1cncc(-c2ccc(-c3nc(-c4ccncc4)nc(-c4ccc5c(c4)-c4ccccc4-c4ccccc4C54c5ccccc5-c5ccccc54)n3)cc2)c1. The molecule has 0 unspecified atom stereocenters. The van der Waals surface area contributed by atoms with Gasteiger partial charge in [-0.25, -0.2) is 15.0 Å². The summed E-state index contributed by atoms with van der Waals surface area (Å²) in [7, 11) is 0. The summed E-state index contributed by atoms with van der Waals surface area (Å²) >= 11 is 0. The molecule has 2 aliphatic carbocycles. The number of hydrogen-bond donors (Lipinski definition) is 0. The standard InChI is InChI=1S/C50H31N5/c1-2-12-38-37(11-1)39-13-3-6-16-43(39)50(44-17-7-4-14-40(44)41-15-5-8-18-45(41)50)46-24-23-35(30-42(38)46)49-54-47(53-48(55-49)34-25-28-51-29-26-34)33-21-19-32(20-22-33)36-10-9-27-52-31-36/h1-31H. The van der Waals surface area contributed by atoms with Crippen LogP contribution in [-0.2, 0) is 5.41 Å². The first kappa shape index (κ1) is 31.2. The van der Waals surface area contributed by atoms with Crippen LogP contribution in [0.1, 0.15) is 22.3 Å². The van der Waals surface area contributed by atoms with Gasteiger partial charge in [0.25, 0.3) is 0 Å². The average Bonchev–Trinajstić information content (AvgIpc) is 3.52. The summed E-state index contributed by atoms with van der Waals surface area (Å²) in [4.78, 5) is 23.9. The van der Waals surface area contributed by atoms with E-state index in [1.165, 1.54) is 50.1 Å². The minimum Gasteiger partial charge on any atom is -0.265 e. The van der Waals surface area contributed by atoms with Crippen molar-refractivity contribution in [2.24, 2.45) is 0 Å². The van der Waals surface area contributed by atoms with Crippen LogP contribution in [0, 0.1) is 0 Å². The topological polar surface area (TPSA) is 64.5 Å². The van der Waals surface area contributed by atoms with Gasteiger partial charge >= 0.3 is 0 Å². The molecule has 5 nitrogen and oxygen atoms in total. The summed E-state index contributed by atoms with van der Waals surface area (Å²) in [5, 5.41) is 0.